The number of anilines is 2. The minimum atomic E-state index is -0.450. The van der Waals surface area contributed by atoms with E-state index < -0.39 is 6.09 Å². The van der Waals surface area contributed by atoms with Gasteiger partial charge in [-0.25, -0.2) is 9.18 Å². The number of aryl methyl sites for hydroxylation is 1. The Hall–Kier alpha value is -2.57. The molecule has 1 N–H and O–H groups in total. The van der Waals surface area contributed by atoms with Crippen molar-refractivity contribution in [1.29, 1.82) is 0 Å². The Balaban J connectivity index is 1.62. The fourth-order valence-electron chi connectivity index (χ4n) is 2.63. The first-order chi connectivity index (χ1) is 11.7. The summed E-state index contributed by atoms with van der Waals surface area (Å²) in [5, 5.41) is 6.84. The normalized spacial score (nSPS) is 17.2. The second-order valence-corrected chi connectivity index (χ2v) is 5.74. The Bertz CT molecular complexity index is 690. The lowest BCUT2D eigenvalue weighted by atomic mass is 10.1. The number of ether oxygens (including phenoxy) is 1. The first-order valence-electron chi connectivity index (χ1n) is 8.08. The molecule has 1 aliphatic heterocycles. The lowest BCUT2D eigenvalue weighted by molar-refractivity contribution is 0.136. The Kier molecular flexibility index (Phi) is 4.98. The molecule has 0 spiro atoms. The molecule has 6 nitrogen and oxygen atoms in total. The zero-order chi connectivity index (χ0) is 16.9. The van der Waals surface area contributed by atoms with Crippen LogP contribution in [0.15, 0.2) is 35.1 Å². The zero-order valence-corrected chi connectivity index (χ0v) is 13.5. The molecular weight excluding hydrogens is 313 g/mol. The van der Waals surface area contributed by atoms with E-state index in [1.807, 2.05) is 6.92 Å². The number of rotatable bonds is 7. The number of hydrogen-bond donors (Lipinski definition) is 1. The Morgan fingerprint density at radius 2 is 2.29 bits per heavy atom. The Morgan fingerprint density at radius 1 is 1.42 bits per heavy atom. The Morgan fingerprint density at radius 3 is 3.00 bits per heavy atom. The molecule has 1 amide bonds. The van der Waals surface area contributed by atoms with Crippen molar-refractivity contribution < 1.29 is 18.4 Å². The van der Waals surface area contributed by atoms with Crippen LogP contribution in [0.5, 0.6) is 0 Å². The van der Waals surface area contributed by atoms with Crippen molar-refractivity contribution in [2.75, 3.05) is 23.3 Å². The van der Waals surface area contributed by atoms with Crippen molar-refractivity contribution in [2.45, 2.75) is 32.3 Å². The summed E-state index contributed by atoms with van der Waals surface area (Å²) in [6.45, 7) is 3.11. The van der Waals surface area contributed by atoms with Gasteiger partial charge in [0.05, 0.1) is 23.6 Å². The van der Waals surface area contributed by atoms with Crippen LogP contribution in [0.1, 0.15) is 25.5 Å². The third-order valence-electron chi connectivity index (χ3n) is 3.92. The fraction of sp³-hybridized carbons (Fsp3) is 0.412. The molecule has 0 unspecified atom stereocenters. The number of amides is 1. The Labute approximate surface area is 139 Å². The average Bonchev–Trinajstić information content (AvgIpc) is 3.21. The van der Waals surface area contributed by atoms with E-state index in [1.165, 1.54) is 17.2 Å². The lowest BCUT2D eigenvalue weighted by Crippen LogP contribution is -2.24. The highest BCUT2D eigenvalue weighted by molar-refractivity contribution is 5.90. The quantitative estimate of drug-likeness (QED) is 0.838. The molecule has 128 valence electrons. The number of nitrogens with zero attached hydrogens (tertiary/aromatic N) is 2. The van der Waals surface area contributed by atoms with E-state index in [9.17, 15) is 9.18 Å². The predicted molar refractivity (Wildman–Crippen MR) is 87.6 cm³/mol. The summed E-state index contributed by atoms with van der Waals surface area (Å²) < 4.78 is 24.3. The number of benzene rings is 1. The molecule has 24 heavy (non-hydrogen) atoms. The van der Waals surface area contributed by atoms with Gasteiger partial charge >= 0.3 is 6.09 Å². The van der Waals surface area contributed by atoms with Gasteiger partial charge in [-0.05, 0) is 37.5 Å². The van der Waals surface area contributed by atoms with Crippen LogP contribution in [-0.2, 0) is 11.2 Å². The highest BCUT2D eigenvalue weighted by Crippen LogP contribution is 2.27. The van der Waals surface area contributed by atoms with Crippen molar-refractivity contribution in [3.05, 3.63) is 42.0 Å². The van der Waals surface area contributed by atoms with Crippen LogP contribution in [0.25, 0.3) is 0 Å². The van der Waals surface area contributed by atoms with Gasteiger partial charge in [-0.3, -0.25) is 4.90 Å². The van der Waals surface area contributed by atoms with Crippen molar-refractivity contribution >= 4 is 17.5 Å². The second kappa shape index (κ2) is 7.33. The summed E-state index contributed by atoms with van der Waals surface area (Å²) in [6, 6.07) is 6.52. The molecule has 7 heteroatoms. The predicted octanol–water partition coefficient (Wildman–Crippen LogP) is 3.59. The maximum Gasteiger partial charge on any atom is 0.414 e. The molecular formula is C17H20FN3O3. The highest BCUT2D eigenvalue weighted by atomic mass is 19.1. The van der Waals surface area contributed by atoms with Gasteiger partial charge in [-0.15, -0.1) is 0 Å². The molecule has 1 atom stereocenters. The molecule has 2 aromatic rings. The van der Waals surface area contributed by atoms with Crippen molar-refractivity contribution in [1.82, 2.24) is 5.16 Å². The van der Waals surface area contributed by atoms with Gasteiger partial charge in [0.1, 0.15) is 18.2 Å². The number of hydrogen-bond acceptors (Lipinski definition) is 5. The number of halogens is 1. The third kappa shape index (κ3) is 3.67. The molecule has 1 aromatic heterocycles. The molecule has 1 saturated heterocycles. The van der Waals surface area contributed by atoms with Crippen LogP contribution in [0.3, 0.4) is 0 Å². The summed E-state index contributed by atoms with van der Waals surface area (Å²) >= 11 is 0. The van der Waals surface area contributed by atoms with Gasteiger partial charge in [0, 0.05) is 12.6 Å². The first-order valence-corrected chi connectivity index (χ1v) is 8.08. The van der Waals surface area contributed by atoms with Gasteiger partial charge in [0.25, 0.3) is 0 Å². The summed E-state index contributed by atoms with van der Waals surface area (Å²) in [5.74, 6) is -0.375. The van der Waals surface area contributed by atoms with E-state index in [2.05, 4.69) is 10.5 Å². The van der Waals surface area contributed by atoms with Crippen molar-refractivity contribution in [2.24, 2.45) is 0 Å². The summed E-state index contributed by atoms with van der Waals surface area (Å²) in [7, 11) is 0. The maximum atomic E-state index is 14.1. The lowest BCUT2D eigenvalue weighted by Gasteiger charge is -2.14. The third-order valence-corrected chi connectivity index (χ3v) is 3.92. The van der Waals surface area contributed by atoms with Crippen LogP contribution < -0.4 is 10.2 Å². The summed E-state index contributed by atoms with van der Waals surface area (Å²) in [4.78, 5) is 13.5. The van der Waals surface area contributed by atoms with Crippen LogP contribution in [0.2, 0.25) is 0 Å². The maximum absolute atomic E-state index is 14.1. The molecule has 3 rings (SSSR count). The number of carbonyl (C=O) groups is 1. The summed E-state index contributed by atoms with van der Waals surface area (Å²) in [6.07, 6.45) is 3.04. The van der Waals surface area contributed by atoms with E-state index in [-0.39, 0.29) is 11.9 Å². The molecule has 0 bridgehead atoms. The number of carbonyl (C=O) groups excluding carboxylic acids is 1. The van der Waals surface area contributed by atoms with E-state index in [0.29, 0.717) is 37.3 Å². The number of nitrogens with one attached hydrogen (secondary N) is 1. The van der Waals surface area contributed by atoms with Crippen LogP contribution in [0.4, 0.5) is 20.6 Å². The van der Waals surface area contributed by atoms with Crippen molar-refractivity contribution in [3.8, 4) is 0 Å². The minimum absolute atomic E-state index is 0.241. The molecule has 0 radical (unpaired) electrons. The standard InChI is InChI=1S/C17H20FN3O3/c1-2-8-19-16-6-4-13(10-15(16)18)21-11-14(24-17(21)22)5-3-12-7-9-23-20-12/h4,6-7,9-10,14,19H,2-3,5,8,11H2,1H3/t14-/m0/s1. The monoisotopic (exact) mass is 333 g/mol. The van der Waals surface area contributed by atoms with Gasteiger partial charge in [-0.1, -0.05) is 12.1 Å². The molecule has 2 heterocycles. The topological polar surface area (TPSA) is 67.6 Å². The van der Waals surface area contributed by atoms with Gasteiger partial charge in [0.2, 0.25) is 0 Å². The van der Waals surface area contributed by atoms with E-state index >= 15 is 0 Å². The number of cyclic esters (lactones) is 1. The van der Waals surface area contributed by atoms with E-state index in [1.54, 1.807) is 18.2 Å². The molecule has 1 aromatic carbocycles. The van der Waals surface area contributed by atoms with Crippen LogP contribution in [-0.4, -0.2) is 30.4 Å². The fourth-order valence-corrected chi connectivity index (χ4v) is 2.63. The largest absolute Gasteiger partial charge is 0.444 e. The number of aromatic nitrogens is 1. The molecule has 0 saturated carbocycles. The zero-order valence-electron chi connectivity index (χ0n) is 13.5. The smallest absolute Gasteiger partial charge is 0.414 e. The van der Waals surface area contributed by atoms with Crippen molar-refractivity contribution in [3.63, 3.8) is 0 Å². The van der Waals surface area contributed by atoms with Gasteiger partial charge in [-0.2, -0.15) is 0 Å². The van der Waals surface area contributed by atoms with Crippen LogP contribution >= 0.6 is 0 Å². The summed E-state index contributed by atoms with van der Waals surface area (Å²) in [5.41, 5.74) is 1.76. The van der Waals surface area contributed by atoms with Gasteiger partial charge < -0.3 is 14.6 Å². The molecule has 1 fully saturated rings. The first kappa shape index (κ1) is 16.3. The molecule has 1 aliphatic rings. The highest BCUT2D eigenvalue weighted by Gasteiger charge is 2.32. The minimum Gasteiger partial charge on any atom is -0.444 e. The van der Waals surface area contributed by atoms with E-state index in [0.717, 1.165) is 12.1 Å². The average molecular weight is 333 g/mol. The van der Waals surface area contributed by atoms with E-state index in [4.69, 9.17) is 9.26 Å². The SMILES string of the molecule is CCCNc1ccc(N2C[C@H](CCc3ccon3)OC2=O)cc1F. The van der Waals surface area contributed by atoms with Gasteiger partial charge in [0.15, 0.2) is 0 Å². The second-order valence-electron chi connectivity index (χ2n) is 5.74. The van der Waals surface area contributed by atoms with Crippen LogP contribution in [0, 0.1) is 5.82 Å². The molecule has 0 aliphatic carbocycles.